The first-order valence-electron chi connectivity index (χ1n) is 8.65. The number of sulfonamides is 1. The summed E-state index contributed by atoms with van der Waals surface area (Å²) in [6.07, 6.45) is 3.70. The third-order valence-electron chi connectivity index (χ3n) is 5.29. The largest absolute Gasteiger partial charge is 0.361 e. The van der Waals surface area contributed by atoms with Gasteiger partial charge in [0.15, 0.2) is 0 Å². The Morgan fingerprint density at radius 2 is 1.92 bits per heavy atom. The second-order valence-electron chi connectivity index (χ2n) is 7.27. The van der Waals surface area contributed by atoms with E-state index in [0.717, 1.165) is 40.4 Å². The monoisotopic (exact) mass is 372 g/mol. The van der Waals surface area contributed by atoms with Crippen LogP contribution in [0, 0.1) is 19.7 Å². The minimum atomic E-state index is -3.57. The molecule has 1 aromatic heterocycles. The molecule has 0 aliphatic heterocycles. The predicted molar refractivity (Wildman–Crippen MR) is 100 cm³/mol. The first-order valence-corrected chi connectivity index (χ1v) is 10.1. The lowest BCUT2D eigenvalue weighted by atomic mass is 9.96. The van der Waals surface area contributed by atoms with E-state index in [-0.39, 0.29) is 11.2 Å². The van der Waals surface area contributed by atoms with Gasteiger partial charge in [0.2, 0.25) is 10.0 Å². The zero-order valence-corrected chi connectivity index (χ0v) is 15.6. The fourth-order valence-corrected chi connectivity index (χ4v) is 4.99. The van der Waals surface area contributed by atoms with Crippen molar-refractivity contribution in [3.05, 3.63) is 65.1 Å². The standard InChI is InChI=1S/C20H21FN2O2S/c1-13-3-6-19(14(2)9-13)26(24,25)23-12-20(7-8-20)17-11-22-18-10-15(21)4-5-16(17)18/h3-6,9-11,22-23H,7-8,12H2,1-2H3. The number of nitrogens with one attached hydrogen (secondary N) is 2. The van der Waals surface area contributed by atoms with Crippen LogP contribution in [0.1, 0.15) is 29.5 Å². The Kier molecular flexibility index (Phi) is 3.93. The molecule has 26 heavy (non-hydrogen) atoms. The molecule has 1 fully saturated rings. The highest BCUT2D eigenvalue weighted by atomic mass is 32.2. The third kappa shape index (κ3) is 2.93. The first-order chi connectivity index (χ1) is 12.3. The van der Waals surface area contributed by atoms with Crippen molar-refractivity contribution in [2.45, 2.75) is 37.0 Å². The van der Waals surface area contributed by atoms with Crippen molar-refractivity contribution in [3.8, 4) is 0 Å². The summed E-state index contributed by atoms with van der Waals surface area (Å²) in [7, 11) is -3.57. The molecule has 0 unspecified atom stereocenters. The van der Waals surface area contributed by atoms with Crippen LogP contribution in [0.25, 0.3) is 10.9 Å². The van der Waals surface area contributed by atoms with Crippen LogP contribution in [0.5, 0.6) is 0 Å². The molecule has 1 aliphatic rings. The van der Waals surface area contributed by atoms with Crippen molar-refractivity contribution in [1.82, 2.24) is 9.71 Å². The molecule has 2 aromatic carbocycles. The SMILES string of the molecule is Cc1ccc(S(=O)(=O)NCC2(c3c[nH]c4cc(F)ccc34)CC2)c(C)c1. The average Bonchev–Trinajstić information content (AvgIpc) is 3.25. The number of hydrogen-bond acceptors (Lipinski definition) is 2. The quantitative estimate of drug-likeness (QED) is 0.713. The van der Waals surface area contributed by atoms with Gasteiger partial charge in [0.05, 0.1) is 4.90 Å². The molecule has 0 bridgehead atoms. The molecule has 0 amide bonds. The summed E-state index contributed by atoms with van der Waals surface area (Å²) in [6, 6.07) is 10.00. The van der Waals surface area contributed by atoms with Gasteiger partial charge in [-0.25, -0.2) is 17.5 Å². The summed E-state index contributed by atoms with van der Waals surface area (Å²) < 4.78 is 41.7. The number of rotatable bonds is 5. The number of aromatic nitrogens is 1. The summed E-state index contributed by atoms with van der Waals surface area (Å²) >= 11 is 0. The molecular weight excluding hydrogens is 351 g/mol. The van der Waals surface area contributed by atoms with Crippen molar-refractivity contribution >= 4 is 20.9 Å². The zero-order valence-electron chi connectivity index (χ0n) is 14.8. The van der Waals surface area contributed by atoms with E-state index in [0.29, 0.717) is 11.4 Å². The highest BCUT2D eigenvalue weighted by Gasteiger charge is 2.46. The van der Waals surface area contributed by atoms with E-state index in [9.17, 15) is 12.8 Å². The summed E-state index contributed by atoms with van der Waals surface area (Å²) in [5.74, 6) is -0.286. The lowest BCUT2D eigenvalue weighted by Gasteiger charge is -2.17. The van der Waals surface area contributed by atoms with Crippen LogP contribution in [0.15, 0.2) is 47.5 Å². The number of aryl methyl sites for hydroxylation is 2. The minimum absolute atomic E-state index is 0.220. The van der Waals surface area contributed by atoms with E-state index in [4.69, 9.17) is 0 Å². The van der Waals surface area contributed by atoms with Crippen LogP contribution < -0.4 is 4.72 Å². The molecule has 4 rings (SSSR count). The Hall–Kier alpha value is -2.18. The van der Waals surface area contributed by atoms with Crippen molar-refractivity contribution in [2.24, 2.45) is 0 Å². The van der Waals surface area contributed by atoms with Gasteiger partial charge in [0.25, 0.3) is 0 Å². The topological polar surface area (TPSA) is 62.0 Å². The van der Waals surface area contributed by atoms with Crippen LogP contribution >= 0.6 is 0 Å². The minimum Gasteiger partial charge on any atom is -0.361 e. The molecule has 0 radical (unpaired) electrons. The Bertz CT molecular complexity index is 1100. The van der Waals surface area contributed by atoms with Crippen molar-refractivity contribution in [3.63, 3.8) is 0 Å². The van der Waals surface area contributed by atoms with E-state index in [1.54, 1.807) is 12.1 Å². The van der Waals surface area contributed by atoms with E-state index in [1.807, 2.05) is 32.2 Å². The number of benzene rings is 2. The molecule has 0 saturated heterocycles. The lowest BCUT2D eigenvalue weighted by Crippen LogP contribution is -2.32. The normalized spacial score (nSPS) is 16.1. The molecule has 4 nitrogen and oxygen atoms in total. The van der Waals surface area contributed by atoms with Gasteiger partial charge in [-0.2, -0.15) is 0 Å². The van der Waals surface area contributed by atoms with Gasteiger partial charge >= 0.3 is 0 Å². The Morgan fingerprint density at radius 3 is 2.62 bits per heavy atom. The maximum absolute atomic E-state index is 13.4. The smallest absolute Gasteiger partial charge is 0.240 e. The molecule has 2 N–H and O–H groups in total. The first kappa shape index (κ1) is 17.2. The maximum Gasteiger partial charge on any atom is 0.240 e. The fourth-order valence-electron chi connectivity index (χ4n) is 3.64. The van der Waals surface area contributed by atoms with Gasteiger partial charge in [-0.1, -0.05) is 17.7 Å². The Balaban J connectivity index is 1.60. The molecule has 1 saturated carbocycles. The molecule has 6 heteroatoms. The molecule has 0 atom stereocenters. The highest BCUT2D eigenvalue weighted by molar-refractivity contribution is 7.89. The van der Waals surface area contributed by atoms with Crippen molar-refractivity contribution in [1.29, 1.82) is 0 Å². The molecule has 3 aromatic rings. The molecule has 0 spiro atoms. The van der Waals surface area contributed by atoms with E-state index < -0.39 is 10.0 Å². The molecule has 1 heterocycles. The number of fused-ring (bicyclic) bond motifs is 1. The summed E-state index contributed by atoms with van der Waals surface area (Å²) in [4.78, 5) is 3.42. The number of aromatic amines is 1. The second-order valence-corrected chi connectivity index (χ2v) is 9.00. The molecule has 136 valence electrons. The van der Waals surface area contributed by atoms with Gasteiger partial charge in [-0.15, -0.1) is 0 Å². The van der Waals surface area contributed by atoms with Gasteiger partial charge in [-0.05, 0) is 62.1 Å². The predicted octanol–water partition coefficient (Wildman–Crippen LogP) is 3.93. The lowest BCUT2D eigenvalue weighted by molar-refractivity contribution is 0.567. The highest BCUT2D eigenvalue weighted by Crippen LogP contribution is 2.50. The summed E-state index contributed by atoms with van der Waals surface area (Å²) in [6.45, 7) is 4.09. The van der Waals surface area contributed by atoms with E-state index in [1.165, 1.54) is 12.1 Å². The zero-order chi connectivity index (χ0) is 18.5. The summed E-state index contributed by atoms with van der Waals surface area (Å²) in [5.41, 5.74) is 3.34. The maximum atomic E-state index is 13.4. The van der Waals surface area contributed by atoms with Crippen LogP contribution in [0.3, 0.4) is 0 Å². The van der Waals surface area contributed by atoms with Crippen LogP contribution in [-0.4, -0.2) is 19.9 Å². The number of halogens is 1. The number of H-pyrrole nitrogens is 1. The van der Waals surface area contributed by atoms with Gasteiger partial charge in [0, 0.05) is 29.1 Å². The number of hydrogen-bond donors (Lipinski definition) is 2. The Morgan fingerprint density at radius 1 is 1.15 bits per heavy atom. The summed E-state index contributed by atoms with van der Waals surface area (Å²) in [5, 5.41) is 0.953. The van der Waals surface area contributed by atoms with Crippen molar-refractivity contribution < 1.29 is 12.8 Å². The average molecular weight is 372 g/mol. The van der Waals surface area contributed by atoms with Gasteiger partial charge in [-0.3, -0.25) is 0 Å². The van der Waals surface area contributed by atoms with Gasteiger partial charge < -0.3 is 4.98 Å². The van der Waals surface area contributed by atoms with Gasteiger partial charge in [0.1, 0.15) is 5.82 Å². The molecular formula is C20H21FN2O2S. The second kappa shape index (κ2) is 5.93. The van der Waals surface area contributed by atoms with Crippen LogP contribution in [-0.2, 0) is 15.4 Å². The van der Waals surface area contributed by atoms with Crippen LogP contribution in [0.4, 0.5) is 4.39 Å². The van der Waals surface area contributed by atoms with E-state index in [2.05, 4.69) is 9.71 Å². The van der Waals surface area contributed by atoms with Crippen molar-refractivity contribution in [2.75, 3.05) is 6.54 Å². The fraction of sp³-hybridized carbons (Fsp3) is 0.300. The molecule has 1 aliphatic carbocycles. The Labute approximate surface area is 152 Å². The van der Waals surface area contributed by atoms with Crippen LogP contribution in [0.2, 0.25) is 0 Å². The van der Waals surface area contributed by atoms with E-state index >= 15 is 0 Å². The third-order valence-corrected chi connectivity index (χ3v) is 6.85.